The molecule has 1 aliphatic rings. The second-order valence-corrected chi connectivity index (χ2v) is 3.86. The van der Waals surface area contributed by atoms with E-state index in [-0.39, 0.29) is 0 Å². The molecule has 80 valence electrons. The van der Waals surface area contributed by atoms with Crippen LogP contribution in [0.25, 0.3) is 0 Å². The van der Waals surface area contributed by atoms with Crippen LogP contribution in [0, 0.1) is 11.3 Å². The summed E-state index contributed by atoms with van der Waals surface area (Å²) in [5.74, 6) is 0. The lowest BCUT2D eigenvalue weighted by atomic mass is 10.1. The fourth-order valence-corrected chi connectivity index (χ4v) is 1.74. The normalized spacial score (nSPS) is 24.1. The predicted molar refractivity (Wildman–Crippen MR) is 55.9 cm³/mol. The highest BCUT2D eigenvalue weighted by molar-refractivity contribution is 4.80. The molecule has 0 aromatic carbocycles. The van der Waals surface area contributed by atoms with Crippen LogP contribution in [-0.4, -0.2) is 25.3 Å². The molecule has 0 bridgehead atoms. The lowest BCUT2D eigenvalue weighted by Crippen LogP contribution is -2.37. The minimum atomic E-state index is 0.338. The van der Waals surface area contributed by atoms with E-state index in [1.807, 2.05) is 0 Å². The highest BCUT2D eigenvalue weighted by Gasteiger charge is 2.14. The Kier molecular flexibility index (Phi) is 5.58. The summed E-state index contributed by atoms with van der Waals surface area (Å²) in [6, 6.07) is 2.54. The maximum absolute atomic E-state index is 8.58. The van der Waals surface area contributed by atoms with Crippen molar-refractivity contribution in [2.45, 2.75) is 51.2 Å². The Bertz CT molecular complexity index is 182. The standard InChI is InChI=1S/C11H20N2O/c1-2-10(6-7-12)13-9-11-5-3-4-8-14-11/h10-11,13H,2-6,8-9H2,1H3. The number of rotatable bonds is 5. The van der Waals surface area contributed by atoms with Crippen molar-refractivity contribution in [1.82, 2.24) is 5.32 Å². The fraction of sp³-hybridized carbons (Fsp3) is 0.909. The smallest absolute Gasteiger partial charge is 0.0699 e. The first-order valence-corrected chi connectivity index (χ1v) is 5.58. The van der Waals surface area contributed by atoms with Crippen molar-refractivity contribution >= 4 is 0 Å². The van der Waals surface area contributed by atoms with Gasteiger partial charge in [-0.3, -0.25) is 0 Å². The first kappa shape index (κ1) is 11.5. The van der Waals surface area contributed by atoms with Gasteiger partial charge in [0.25, 0.3) is 0 Å². The summed E-state index contributed by atoms with van der Waals surface area (Å²) in [5, 5.41) is 12.0. The molecule has 1 heterocycles. The quantitative estimate of drug-likeness (QED) is 0.729. The summed E-state index contributed by atoms with van der Waals surface area (Å²) in [5.41, 5.74) is 0. The van der Waals surface area contributed by atoms with Crippen molar-refractivity contribution in [1.29, 1.82) is 5.26 Å². The van der Waals surface area contributed by atoms with Gasteiger partial charge in [-0.15, -0.1) is 0 Å². The number of hydrogen-bond donors (Lipinski definition) is 1. The average Bonchev–Trinajstić information content (AvgIpc) is 2.25. The van der Waals surface area contributed by atoms with Gasteiger partial charge in [-0.05, 0) is 25.7 Å². The number of nitriles is 1. The van der Waals surface area contributed by atoms with E-state index in [1.54, 1.807) is 0 Å². The van der Waals surface area contributed by atoms with E-state index < -0.39 is 0 Å². The lowest BCUT2D eigenvalue weighted by Gasteiger charge is -2.24. The maximum Gasteiger partial charge on any atom is 0.0699 e. The molecule has 1 N–H and O–H groups in total. The van der Waals surface area contributed by atoms with Crippen molar-refractivity contribution in [3.05, 3.63) is 0 Å². The van der Waals surface area contributed by atoms with Crippen LogP contribution >= 0.6 is 0 Å². The summed E-state index contributed by atoms with van der Waals surface area (Å²) < 4.78 is 5.61. The van der Waals surface area contributed by atoms with Crippen LogP contribution in [0.15, 0.2) is 0 Å². The first-order chi connectivity index (χ1) is 6.86. The highest BCUT2D eigenvalue weighted by atomic mass is 16.5. The highest BCUT2D eigenvalue weighted by Crippen LogP contribution is 2.12. The van der Waals surface area contributed by atoms with E-state index in [2.05, 4.69) is 18.3 Å². The molecule has 0 aliphatic carbocycles. The third kappa shape index (κ3) is 4.08. The zero-order valence-electron chi connectivity index (χ0n) is 8.96. The minimum Gasteiger partial charge on any atom is -0.377 e. The van der Waals surface area contributed by atoms with Crippen LogP contribution in [0.2, 0.25) is 0 Å². The van der Waals surface area contributed by atoms with Crippen LogP contribution in [0.3, 0.4) is 0 Å². The molecule has 0 spiro atoms. The predicted octanol–water partition coefficient (Wildman–Crippen LogP) is 1.84. The SMILES string of the molecule is CCC(CC#N)NCC1CCCCO1. The van der Waals surface area contributed by atoms with Crippen molar-refractivity contribution in [2.75, 3.05) is 13.2 Å². The topological polar surface area (TPSA) is 45.0 Å². The van der Waals surface area contributed by atoms with Gasteiger partial charge in [-0.25, -0.2) is 0 Å². The Morgan fingerprint density at radius 1 is 1.57 bits per heavy atom. The third-order valence-electron chi connectivity index (χ3n) is 2.74. The monoisotopic (exact) mass is 196 g/mol. The molecule has 1 saturated heterocycles. The van der Waals surface area contributed by atoms with E-state index in [1.165, 1.54) is 12.8 Å². The molecular weight excluding hydrogens is 176 g/mol. The van der Waals surface area contributed by atoms with Gasteiger partial charge in [0, 0.05) is 19.2 Å². The Morgan fingerprint density at radius 2 is 2.43 bits per heavy atom. The van der Waals surface area contributed by atoms with Gasteiger partial charge in [-0.1, -0.05) is 6.92 Å². The van der Waals surface area contributed by atoms with Gasteiger partial charge in [0.05, 0.1) is 18.6 Å². The van der Waals surface area contributed by atoms with Gasteiger partial charge < -0.3 is 10.1 Å². The molecule has 0 aromatic heterocycles. The van der Waals surface area contributed by atoms with Gasteiger partial charge in [0.2, 0.25) is 0 Å². The van der Waals surface area contributed by atoms with Gasteiger partial charge in [-0.2, -0.15) is 5.26 Å². The summed E-state index contributed by atoms with van der Waals surface area (Å²) in [6.45, 7) is 3.91. The first-order valence-electron chi connectivity index (χ1n) is 5.58. The molecular formula is C11H20N2O. The van der Waals surface area contributed by atoms with Crippen LogP contribution in [0.1, 0.15) is 39.0 Å². The molecule has 0 amide bonds. The Labute approximate surface area is 86.4 Å². The number of nitrogens with one attached hydrogen (secondary N) is 1. The molecule has 1 aliphatic heterocycles. The van der Waals surface area contributed by atoms with Crippen molar-refractivity contribution < 1.29 is 4.74 Å². The number of ether oxygens (including phenoxy) is 1. The number of hydrogen-bond acceptors (Lipinski definition) is 3. The summed E-state index contributed by atoms with van der Waals surface area (Å²) in [7, 11) is 0. The summed E-state index contributed by atoms with van der Waals surface area (Å²) in [6.07, 6.45) is 5.63. The third-order valence-corrected chi connectivity index (χ3v) is 2.74. The Hall–Kier alpha value is -0.590. The van der Waals surface area contributed by atoms with Crippen molar-refractivity contribution in [2.24, 2.45) is 0 Å². The molecule has 3 heteroatoms. The number of nitrogens with zero attached hydrogens (tertiary/aromatic N) is 1. The van der Waals surface area contributed by atoms with Gasteiger partial charge in [0.15, 0.2) is 0 Å². The zero-order valence-corrected chi connectivity index (χ0v) is 8.96. The molecule has 3 nitrogen and oxygen atoms in total. The van der Waals surface area contributed by atoms with Gasteiger partial charge in [0.1, 0.15) is 0 Å². The van der Waals surface area contributed by atoms with E-state index in [0.29, 0.717) is 18.6 Å². The van der Waals surface area contributed by atoms with E-state index in [9.17, 15) is 0 Å². The molecule has 0 radical (unpaired) electrons. The fourth-order valence-electron chi connectivity index (χ4n) is 1.74. The van der Waals surface area contributed by atoms with Crippen LogP contribution < -0.4 is 5.32 Å². The van der Waals surface area contributed by atoms with E-state index in [4.69, 9.17) is 10.00 Å². The molecule has 0 saturated carbocycles. The van der Waals surface area contributed by atoms with Crippen LogP contribution in [-0.2, 0) is 4.74 Å². The van der Waals surface area contributed by atoms with Crippen LogP contribution in [0.5, 0.6) is 0 Å². The molecule has 0 aromatic rings. The Morgan fingerprint density at radius 3 is 3.00 bits per heavy atom. The molecule has 1 fully saturated rings. The van der Waals surface area contributed by atoms with Crippen molar-refractivity contribution in [3.63, 3.8) is 0 Å². The van der Waals surface area contributed by atoms with E-state index in [0.717, 1.165) is 26.0 Å². The summed E-state index contributed by atoms with van der Waals surface area (Å²) >= 11 is 0. The molecule has 2 unspecified atom stereocenters. The second kappa shape index (κ2) is 6.80. The largest absolute Gasteiger partial charge is 0.377 e. The molecule has 14 heavy (non-hydrogen) atoms. The second-order valence-electron chi connectivity index (χ2n) is 3.86. The van der Waals surface area contributed by atoms with Gasteiger partial charge >= 0.3 is 0 Å². The van der Waals surface area contributed by atoms with Crippen LogP contribution in [0.4, 0.5) is 0 Å². The minimum absolute atomic E-state index is 0.338. The summed E-state index contributed by atoms with van der Waals surface area (Å²) in [4.78, 5) is 0. The zero-order chi connectivity index (χ0) is 10.2. The van der Waals surface area contributed by atoms with Crippen molar-refractivity contribution in [3.8, 4) is 6.07 Å². The lowest BCUT2D eigenvalue weighted by molar-refractivity contribution is 0.0154. The Balaban J connectivity index is 2.14. The maximum atomic E-state index is 8.58. The average molecular weight is 196 g/mol. The molecule has 2 atom stereocenters. The molecule has 1 rings (SSSR count). The van der Waals surface area contributed by atoms with E-state index >= 15 is 0 Å².